The van der Waals surface area contributed by atoms with Gasteiger partial charge in [0.15, 0.2) is 0 Å². The van der Waals surface area contributed by atoms with E-state index < -0.39 is 12.0 Å². The van der Waals surface area contributed by atoms with Crippen molar-refractivity contribution >= 4 is 18.6 Å². The van der Waals surface area contributed by atoms with E-state index in [-0.39, 0.29) is 6.73 Å². The van der Waals surface area contributed by atoms with Crippen LogP contribution in [0.2, 0.25) is 0 Å². The molecule has 0 amide bonds. The van der Waals surface area contributed by atoms with Gasteiger partial charge >= 0.3 is 5.97 Å². The zero-order chi connectivity index (χ0) is 7.98. The maximum atomic E-state index is 10.3. The summed E-state index contributed by atoms with van der Waals surface area (Å²) in [5, 5.41) is 19.1. The summed E-state index contributed by atoms with van der Waals surface area (Å²) in [5.41, 5.74) is 0. The number of hydrogen-bond acceptors (Lipinski definition) is 4. The second-order valence-corrected chi connectivity index (χ2v) is 2.21. The molecule has 0 aromatic rings. The molecule has 0 fully saturated rings. The standard InChI is InChI=1S/C5H11NO3S/c7-3-6-4(1-2-10)5(8)9/h4,6-7,10H,1-3H2,(H,8,9)/t4-/m0/s1. The zero-order valence-electron chi connectivity index (χ0n) is 5.45. The number of carbonyl (C=O) groups is 1. The van der Waals surface area contributed by atoms with Crippen LogP contribution in [0, 0.1) is 0 Å². The molecule has 0 saturated heterocycles. The van der Waals surface area contributed by atoms with Gasteiger partial charge in [0.25, 0.3) is 0 Å². The summed E-state index contributed by atoms with van der Waals surface area (Å²) in [6.07, 6.45) is 0.416. The Labute approximate surface area is 64.7 Å². The van der Waals surface area contributed by atoms with Gasteiger partial charge in [-0.3, -0.25) is 10.1 Å². The third kappa shape index (κ3) is 3.71. The molecule has 60 valence electrons. The number of nitrogens with one attached hydrogen (secondary N) is 1. The van der Waals surface area contributed by atoms with Gasteiger partial charge < -0.3 is 10.2 Å². The highest BCUT2D eigenvalue weighted by Gasteiger charge is 2.13. The van der Waals surface area contributed by atoms with E-state index in [4.69, 9.17) is 10.2 Å². The lowest BCUT2D eigenvalue weighted by atomic mass is 10.2. The highest BCUT2D eigenvalue weighted by Crippen LogP contribution is 1.93. The fourth-order valence-corrected chi connectivity index (χ4v) is 0.810. The normalized spacial score (nSPS) is 13.0. The SMILES string of the molecule is O=C(O)[C@H](CCS)NCO. The van der Waals surface area contributed by atoms with Gasteiger partial charge in [0.2, 0.25) is 0 Å². The van der Waals surface area contributed by atoms with Crippen LogP contribution in [0.15, 0.2) is 0 Å². The van der Waals surface area contributed by atoms with E-state index in [9.17, 15) is 4.79 Å². The highest BCUT2D eigenvalue weighted by molar-refractivity contribution is 7.80. The van der Waals surface area contributed by atoms with Crippen LogP contribution in [0.5, 0.6) is 0 Å². The number of aliphatic hydroxyl groups is 1. The van der Waals surface area contributed by atoms with Crippen LogP contribution in [0.1, 0.15) is 6.42 Å². The molecular weight excluding hydrogens is 154 g/mol. The summed E-state index contributed by atoms with van der Waals surface area (Å²) in [4.78, 5) is 10.3. The van der Waals surface area contributed by atoms with Crippen molar-refractivity contribution in [2.24, 2.45) is 0 Å². The molecule has 0 spiro atoms. The first-order valence-electron chi connectivity index (χ1n) is 2.90. The Hall–Kier alpha value is -0.260. The molecule has 3 N–H and O–H groups in total. The summed E-state index contributed by atoms with van der Waals surface area (Å²) < 4.78 is 0. The van der Waals surface area contributed by atoms with Crippen LogP contribution in [-0.2, 0) is 4.79 Å². The van der Waals surface area contributed by atoms with Gasteiger partial charge in [0, 0.05) is 0 Å². The zero-order valence-corrected chi connectivity index (χ0v) is 6.34. The molecule has 0 aliphatic heterocycles. The molecule has 0 unspecified atom stereocenters. The third-order valence-corrected chi connectivity index (χ3v) is 1.31. The van der Waals surface area contributed by atoms with Gasteiger partial charge in [-0.25, -0.2) is 0 Å². The fourth-order valence-electron chi connectivity index (χ4n) is 0.552. The first-order chi connectivity index (χ1) is 4.72. The molecule has 0 saturated carbocycles. The first kappa shape index (κ1) is 9.74. The van der Waals surface area contributed by atoms with Gasteiger partial charge in [-0.15, -0.1) is 0 Å². The summed E-state index contributed by atoms with van der Waals surface area (Å²) in [6, 6.07) is -0.678. The lowest BCUT2D eigenvalue weighted by molar-refractivity contribution is -0.139. The Morgan fingerprint density at radius 3 is 2.60 bits per heavy atom. The molecule has 0 heterocycles. The highest BCUT2D eigenvalue weighted by atomic mass is 32.1. The number of thiol groups is 1. The Bertz CT molecular complexity index is 103. The second-order valence-electron chi connectivity index (χ2n) is 1.77. The van der Waals surface area contributed by atoms with Crippen molar-refractivity contribution in [2.45, 2.75) is 12.5 Å². The molecule has 0 aromatic carbocycles. The molecule has 0 aromatic heterocycles. The van der Waals surface area contributed by atoms with E-state index in [0.717, 1.165) is 0 Å². The quantitative estimate of drug-likeness (QED) is 0.321. The molecular formula is C5H11NO3S. The van der Waals surface area contributed by atoms with E-state index in [2.05, 4.69) is 17.9 Å². The van der Waals surface area contributed by atoms with Crippen LogP contribution < -0.4 is 5.32 Å². The van der Waals surface area contributed by atoms with Gasteiger partial charge in [0.05, 0.1) is 6.73 Å². The van der Waals surface area contributed by atoms with Crippen LogP contribution in [0.25, 0.3) is 0 Å². The Morgan fingerprint density at radius 1 is 1.70 bits per heavy atom. The molecule has 0 aliphatic rings. The minimum Gasteiger partial charge on any atom is -0.480 e. The Kier molecular flexibility index (Phi) is 5.38. The van der Waals surface area contributed by atoms with Crippen molar-refractivity contribution in [3.8, 4) is 0 Å². The minimum absolute atomic E-state index is 0.315. The first-order valence-corrected chi connectivity index (χ1v) is 3.53. The molecule has 0 rings (SSSR count). The van der Waals surface area contributed by atoms with Crippen molar-refractivity contribution < 1.29 is 15.0 Å². The van der Waals surface area contributed by atoms with E-state index in [1.54, 1.807) is 0 Å². The van der Waals surface area contributed by atoms with Crippen molar-refractivity contribution in [1.29, 1.82) is 0 Å². The van der Waals surface area contributed by atoms with Crippen LogP contribution >= 0.6 is 12.6 Å². The Balaban J connectivity index is 3.61. The predicted octanol–water partition coefficient (Wildman–Crippen LogP) is -0.701. The van der Waals surface area contributed by atoms with Gasteiger partial charge in [-0.2, -0.15) is 12.6 Å². The molecule has 0 bridgehead atoms. The Morgan fingerprint density at radius 2 is 2.30 bits per heavy atom. The minimum atomic E-state index is -0.955. The van der Waals surface area contributed by atoms with Crippen molar-refractivity contribution in [3.63, 3.8) is 0 Å². The number of hydrogen-bond donors (Lipinski definition) is 4. The molecule has 5 heteroatoms. The maximum Gasteiger partial charge on any atom is 0.320 e. The van der Waals surface area contributed by atoms with Crippen LogP contribution in [0.4, 0.5) is 0 Å². The van der Waals surface area contributed by atoms with Gasteiger partial charge in [0.1, 0.15) is 6.04 Å². The van der Waals surface area contributed by atoms with Crippen molar-refractivity contribution in [3.05, 3.63) is 0 Å². The fraction of sp³-hybridized carbons (Fsp3) is 0.800. The molecule has 0 aliphatic carbocycles. The average molecular weight is 165 g/mol. The number of carboxylic acid groups (broad SMARTS) is 1. The smallest absolute Gasteiger partial charge is 0.320 e. The molecule has 10 heavy (non-hydrogen) atoms. The van der Waals surface area contributed by atoms with E-state index >= 15 is 0 Å². The summed E-state index contributed by atoms with van der Waals surface area (Å²) in [6.45, 7) is -0.315. The molecule has 1 atom stereocenters. The summed E-state index contributed by atoms with van der Waals surface area (Å²) in [5.74, 6) is -0.465. The predicted molar refractivity (Wildman–Crippen MR) is 40.1 cm³/mol. The molecule has 0 radical (unpaired) electrons. The number of aliphatic carboxylic acids is 1. The van der Waals surface area contributed by atoms with E-state index in [1.165, 1.54) is 0 Å². The maximum absolute atomic E-state index is 10.3. The van der Waals surface area contributed by atoms with E-state index in [0.29, 0.717) is 12.2 Å². The average Bonchev–Trinajstić information content (AvgIpc) is 1.87. The number of aliphatic hydroxyl groups excluding tert-OH is 1. The lowest BCUT2D eigenvalue weighted by Crippen LogP contribution is -2.37. The van der Waals surface area contributed by atoms with Gasteiger partial charge in [-0.05, 0) is 12.2 Å². The van der Waals surface area contributed by atoms with E-state index in [1.807, 2.05) is 0 Å². The third-order valence-electron chi connectivity index (χ3n) is 1.05. The van der Waals surface area contributed by atoms with Crippen molar-refractivity contribution in [2.75, 3.05) is 12.5 Å². The monoisotopic (exact) mass is 165 g/mol. The van der Waals surface area contributed by atoms with Crippen molar-refractivity contribution in [1.82, 2.24) is 5.32 Å². The summed E-state index contributed by atoms with van der Waals surface area (Å²) in [7, 11) is 0. The molecule has 4 nitrogen and oxygen atoms in total. The lowest BCUT2D eigenvalue weighted by Gasteiger charge is -2.09. The largest absolute Gasteiger partial charge is 0.480 e. The topological polar surface area (TPSA) is 69.6 Å². The summed E-state index contributed by atoms with van der Waals surface area (Å²) >= 11 is 3.86. The van der Waals surface area contributed by atoms with Crippen LogP contribution in [0.3, 0.4) is 0 Å². The van der Waals surface area contributed by atoms with Gasteiger partial charge in [-0.1, -0.05) is 0 Å². The number of carboxylic acids is 1. The van der Waals surface area contributed by atoms with Crippen LogP contribution in [-0.4, -0.2) is 34.7 Å². The number of rotatable bonds is 5. The second kappa shape index (κ2) is 5.52.